The number of fused-ring (bicyclic) bond motifs is 3. The van der Waals surface area contributed by atoms with Crippen LogP contribution in [0.15, 0.2) is 18.2 Å². The number of amides is 1. The molecule has 154 valence electrons. The number of ether oxygens (including phenoxy) is 1. The highest BCUT2D eigenvalue weighted by atomic mass is 16.6. The maximum absolute atomic E-state index is 12.0. The third-order valence-electron chi connectivity index (χ3n) is 7.26. The van der Waals surface area contributed by atoms with Crippen LogP contribution in [0.2, 0.25) is 0 Å². The van der Waals surface area contributed by atoms with Crippen molar-refractivity contribution in [2.24, 2.45) is 5.92 Å². The third-order valence-corrected chi connectivity index (χ3v) is 7.26. The van der Waals surface area contributed by atoms with Gasteiger partial charge in [-0.15, -0.1) is 0 Å². The third kappa shape index (κ3) is 4.22. The van der Waals surface area contributed by atoms with Crippen LogP contribution in [0, 0.1) is 5.92 Å². The van der Waals surface area contributed by atoms with Crippen molar-refractivity contribution in [2.45, 2.75) is 76.2 Å². The van der Waals surface area contributed by atoms with Crippen molar-refractivity contribution in [3.8, 4) is 5.75 Å². The summed E-state index contributed by atoms with van der Waals surface area (Å²) in [5.74, 6) is 2.37. The smallest absolute Gasteiger partial charge is 0.410 e. The molecule has 28 heavy (non-hydrogen) atoms. The summed E-state index contributed by atoms with van der Waals surface area (Å²) in [6.45, 7) is 2.49. The summed E-state index contributed by atoms with van der Waals surface area (Å²) in [7, 11) is 3.46. The van der Waals surface area contributed by atoms with E-state index in [0.29, 0.717) is 12.0 Å². The molecule has 1 heterocycles. The van der Waals surface area contributed by atoms with Gasteiger partial charge < -0.3 is 9.64 Å². The molecule has 0 spiro atoms. The minimum absolute atomic E-state index is 0.286. The molecular weight excluding hydrogens is 348 g/mol. The molecule has 2 unspecified atom stereocenters. The highest BCUT2D eigenvalue weighted by molar-refractivity contribution is 5.70. The average molecular weight is 385 g/mol. The Morgan fingerprint density at radius 1 is 1.14 bits per heavy atom. The summed E-state index contributed by atoms with van der Waals surface area (Å²) in [4.78, 5) is 16.3. The van der Waals surface area contributed by atoms with E-state index in [2.05, 4.69) is 17.0 Å². The Kier molecular flexibility index (Phi) is 6.25. The molecule has 4 nitrogen and oxygen atoms in total. The molecule has 1 aliphatic heterocycles. The average Bonchev–Trinajstić information content (AvgIpc) is 3.12. The molecule has 0 N–H and O–H groups in total. The topological polar surface area (TPSA) is 32.8 Å². The van der Waals surface area contributed by atoms with E-state index in [9.17, 15) is 4.79 Å². The molecule has 1 saturated carbocycles. The van der Waals surface area contributed by atoms with Crippen LogP contribution in [0.3, 0.4) is 0 Å². The van der Waals surface area contributed by atoms with Gasteiger partial charge in [-0.2, -0.15) is 0 Å². The van der Waals surface area contributed by atoms with Gasteiger partial charge in [-0.25, -0.2) is 4.79 Å². The van der Waals surface area contributed by atoms with Gasteiger partial charge >= 0.3 is 6.09 Å². The summed E-state index contributed by atoms with van der Waals surface area (Å²) < 4.78 is 5.65. The first kappa shape index (κ1) is 19.8. The molecule has 1 amide bonds. The van der Waals surface area contributed by atoms with Crippen molar-refractivity contribution in [2.75, 3.05) is 27.2 Å². The monoisotopic (exact) mass is 384 g/mol. The van der Waals surface area contributed by atoms with Gasteiger partial charge in [0.1, 0.15) is 5.75 Å². The van der Waals surface area contributed by atoms with E-state index >= 15 is 0 Å². The number of carbonyl (C=O) groups excluding carboxylic acids is 1. The molecule has 3 aliphatic rings. The minimum Gasteiger partial charge on any atom is -0.410 e. The van der Waals surface area contributed by atoms with Gasteiger partial charge in [-0.05, 0) is 68.3 Å². The molecule has 2 fully saturated rings. The minimum atomic E-state index is -0.286. The second-order valence-corrected chi connectivity index (χ2v) is 9.27. The number of nitrogens with zero attached hydrogens (tertiary/aromatic N) is 2. The van der Waals surface area contributed by atoms with Crippen molar-refractivity contribution >= 4 is 6.09 Å². The fourth-order valence-electron chi connectivity index (χ4n) is 5.77. The Labute approximate surface area is 170 Å². The fourth-order valence-corrected chi connectivity index (χ4v) is 5.77. The zero-order valence-electron chi connectivity index (χ0n) is 17.7. The lowest BCUT2D eigenvalue weighted by Gasteiger charge is -2.34. The molecule has 2 aliphatic carbocycles. The molecule has 2 atom stereocenters. The van der Waals surface area contributed by atoms with Gasteiger partial charge in [-0.3, -0.25) is 4.90 Å². The van der Waals surface area contributed by atoms with Crippen molar-refractivity contribution in [3.63, 3.8) is 0 Å². The number of hydrogen-bond acceptors (Lipinski definition) is 3. The van der Waals surface area contributed by atoms with Crippen LogP contribution in [-0.4, -0.2) is 49.1 Å². The van der Waals surface area contributed by atoms with Crippen LogP contribution in [0.5, 0.6) is 5.75 Å². The normalized spacial score (nSPS) is 25.2. The van der Waals surface area contributed by atoms with Gasteiger partial charge in [0.2, 0.25) is 0 Å². The van der Waals surface area contributed by atoms with E-state index < -0.39 is 0 Å². The summed E-state index contributed by atoms with van der Waals surface area (Å²) >= 11 is 0. The summed E-state index contributed by atoms with van der Waals surface area (Å²) in [5, 5.41) is 0. The van der Waals surface area contributed by atoms with E-state index in [0.717, 1.165) is 18.1 Å². The predicted octanol–water partition coefficient (Wildman–Crippen LogP) is 5.21. The lowest BCUT2D eigenvalue weighted by atomic mass is 9.79. The molecule has 4 rings (SSSR count). The van der Waals surface area contributed by atoms with Gasteiger partial charge in [0.05, 0.1) is 0 Å². The van der Waals surface area contributed by atoms with Gasteiger partial charge in [0, 0.05) is 26.1 Å². The van der Waals surface area contributed by atoms with Gasteiger partial charge in [-0.1, -0.05) is 44.2 Å². The second kappa shape index (κ2) is 8.86. The Morgan fingerprint density at radius 2 is 1.96 bits per heavy atom. The van der Waals surface area contributed by atoms with Crippen LogP contribution >= 0.6 is 0 Å². The first-order valence-corrected chi connectivity index (χ1v) is 11.4. The lowest BCUT2D eigenvalue weighted by Crippen LogP contribution is -2.36. The van der Waals surface area contributed by atoms with Crippen LogP contribution in [0.4, 0.5) is 4.79 Å². The quantitative estimate of drug-likeness (QED) is 0.698. The summed E-state index contributed by atoms with van der Waals surface area (Å²) in [5.41, 5.74) is 2.69. The van der Waals surface area contributed by atoms with Crippen molar-refractivity contribution < 1.29 is 9.53 Å². The van der Waals surface area contributed by atoms with Crippen molar-refractivity contribution in [1.82, 2.24) is 9.80 Å². The summed E-state index contributed by atoms with van der Waals surface area (Å²) in [6, 6.07) is 6.96. The van der Waals surface area contributed by atoms with E-state index in [4.69, 9.17) is 4.74 Å². The van der Waals surface area contributed by atoms with E-state index in [1.165, 1.54) is 86.9 Å². The van der Waals surface area contributed by atoms with Crippen molar-refractivity contribution in [3.05, 3.63) is 29.3 Å². The number of carbonyl (C=O) groups is 1. The predicted molar refractivity (Wildman–Crippen MR) is 113 cm³/mol. The van der Waals surface area contributed by atoms with Gasteiger partial charge in [0.25, 0.3) is 0 Å². The lowest BCUT2D eigenvalue weighted by molar-refractivity contribution is 0.170. The Hall–Kier alpha value is -1.55. The van der Waals surface area contributed by atoms with E-state index in [1.54, 1.807) is 14.1 Å². The number of hydrogen-bond donors (Lipinski definition) is 0. The zero-order valence-corrected chi connectivity index (χ0v) is 17.7. The van der Waals surface area contributed by atoms with Gasteiger partial charge in [0.15, 0.2) is 0 Å². The highest BCUT2D eigenvalue weighted by Crippen LogP contribution is 2.44. The van der Waals surface area contributed by atoms with Crippen LogP contribution < -0.4 is 4.74 Å². The van der Waals surface area contributed by atoms with Crippen LogP contribution in [0.25, 0.3) is 0 Å². The standard InChI is InChI=1S/C24H36N2O2/c1-25(2)24(27)28-23-12-6-11-19-20-15-17-26(22(20)14-13-21(19)23)16-7-10-18-8-4-3-5-9-18/h6,11-12,18,20,22H,3-5,7-10,13-17H2,1-2H3. The molecule has 1 aromatic carbocycles. The number of benzene rings is 1. The zero-order chi connectivity index (χ0) is 19.5. The molecule has 0 bridgehead atoms. The molecule has 1 saturated heterocycles. The molecule has 0 aromatic heterocycles. The van der Waals surface area contributed by atoms with E-state index in [-0.39, 0.29) is 6.09 Å². The first-order valence-electron chi connectivity index (χ1n) is 11.4. The molecule has 4 heteroatoms. The van der Waals surface area contributed by atoms with Crippen LogP contribution in [0.1, 0.15) is 74.8 Å². The van der Waals surface area contributed by atoms with Crippen molar-refractivity contribution in [1.29, 1.82) is 0 Å². The fraction of sp³-hybridized carbons (Fsp3) is 0.708. The first-order chi connectivity index (χ1) is 13.6. The SMILES string of the molecule is CN(C)C(=O)Oc1cccc2c1CCC1C2CCN1CCCC1CCCCC1. The van der Waals surface area contributed by atoms with Crippen LogP contribution in [-0.2, 0) is 6.42 Å². The molecule has 1 aromatic rings. The van der Waals surface area contributed by atoms with E-state index in [1.807, 2.05) is 6.07 Å². The second-order valence-electron chi connectivity index (χ2n) is 9.27. The molecule has 0 radical (unpaired) electrons. The number of likely N-dealkylation sites (tertiary alicyclic amines) is 1. The Morgan fingerprint density at radius 3 is 2.75 bits per heavy atom. The highest BCUT2D eigenvalue weighted by Gasteiger charge is 2.39. The Balaban J connectivity index is 1.37. The Bertz CT molecular complexity index is 681. The largest absolute Gasteiger partial charge is 0.414 e. The maximum atomic E-state index is 12.0. The summed E-state index contributed by atoms with van der Waals surface area (Å²) in [6.07, 6.45) is 13.3. The number of rotatable bonds is 5. The molecular formula is C24H36N2O2. The maximum Gasteiger partial charge on any atom is 0.414 e.